The number of nitrogens with two attached hydrogens (primary N) is 1. The molecule has 2 aliphatic rings. The minimum atomic E-state index is -1.43. The summed E-state index contributed by atoms with van der Waals surface area (Å²) in [5.41, 5.74) is 7.19. The molecule has 1 aliphatic heterocycles. The van der Waals surface area contributed by atoms with Gasteiger partial charge in [0.1, 0.15) is 11.4 Å². The zero-order valence-electron chi connectivity index (χ0n) is 18.5. The monoisotopic (exact) mass is 478 g/mol. The van der Waals surface area contributed by atoms with Gasteiger partial charge in [0.25, 0.3) is 5.91 Å². The van der Waals surface area contributed by atoms with Crippen LogP contribution in [0.1, 0.15) is 31.4 Å². The highest BCUT2D eigenvalue weighted by Crippen LogP contribution is 2.32. The average Bonchev–Trinajstić information content (AvgIpc) is 2.84. The zero-order valence-corrected chi connectivity index (χ0v) is 19.3. The Hall–Kier alpha value is -3.21. The van der Waals surface area contributed by atoms with E-state index < -0.39 is 11.5 Å². The van der Waals surface area contributed by atoms with Gasteiger partial charge in [-0.2, -0.15) is 0 Å². The van der Waals surface area contributed by atoms with Crippen LogP contribution in [0, 0.1) is 0 Å². The molecule has 1 aliphatic carbocycles. The maximum Gasteiger partial charge on any atom is 0.256 e. The van der Waals surface area contributed by atoms with Crippen LogP contribution in [0.15, 0.2) is 47.5 Å². The van der Waals surface area contributed by atoms with E-state index in [1.165, 1.54) is 11.8 Å². The Kier molecular flexibility index (Phi) is 6.11. The van der Waals surface area contributed by atoms with Crippen molar-refractivity contribution in [2.24, 2.45) is 0 Å². The third-order valence-electron chi connectivity index (χ3n) is 6.35. The first kappa shape index (κ1) is 22.6. The number of thioether (sulfide) groups is 1. The minimum Gasteiger partial charge on any atom is -0.399 e. The second-order valence-corrected chi connectivity index (χ2v) is 9.78. The number of aromatic nitrogens is 2. The maximum atomic E-state index is 13.0. The fourth-order valence-electron chi connectivity index (χ4n) is 4.39. The average molecular weight is 479 g/mol. The van der Waals surface area contributed by atoms with Gasteiger partial charge in [-0.05, 0) is 62.1 Å². The van der Waals surface area contributed by atoms with Gasteiger partial charge >= 0.3 is 0 Å². The lowest BCUT2D eigenvalue weighted by Crippen LogP contribution is -2.48. The Morgan fingerprint density at radius 3 is 2.88 bits per heavy atom. The van der Waals surface area contributed by atoms with Crippen LogP contribution in [0.25, 0.3) is 10.9 Å². The number of amides is 2. The number of aliphatic hydroxyl groups is 1. The van der Waals surface area contributed by atoms with Crippen molar-refractivity contribution in [1.82, 2.24) is 15.3 Å². The van der Waals surface area contributed by atoms with Gasteiger partial charge in [-0.15, -0.1) is 11.8 Å². The minimum absolute atomic E-state index is 0.0387. The van der Waals surface area contributed by atoms with Gasteiger partial charge in [0.05, 0.1) is 27.5 Å². The molecule has 0 atom stereocenters. The highest BCUT2D eigenvalue weighted by atomic mass is 32.2. The van der Waals surface area contributed by atoms with Gasteiger partial charge in [-0.3, -0.25) is 14.6 Å². The van der Waals surface area contributed by atoms with E-state index in [0.29, 0.717) is 55.2 Å². The second kappa shape index (κ2) is 9.21. The van der Waals surface area contributed by atoms with Crippen LogP contribution in [-0.4, -0.2) is 44.3 Å². The molecular formula is C24H26N6O3S. The van der Waals surface area contributed by atoms with Crippen molar-refractivity contribution in [3.8, 4) is 0 Å². The van der Waals surface area contributed by atoms with Gasteiger partial charge in [-0.1, -0.05) is 0 Å². The quantitative estimate of drug-likeness (QED) is 0.352. The molecule has 176 valence electrons. The fraction of sp³-hybridized carbons (Fsp3) is 0.333. The smallest absolute Gasteiger partial charge is 0.256 e. The van der Waals surface area contributed by atoms with Gasteiger partial charge in [0, 0.05) is 29.9 Å². The summed E-state index contributed by atoms with van der Waals surface area (Å²) in [5, 5.41) is 20.9. The summed E-state index contributed by atoms with van der Waals surface area (Å²) in [5.74, 6) is 0.574. The van der Waals surface area contributed by atoms with Crippen LogP contribution in [0.2, 0.25) is 0 Å². The van der Waals surface area contributed by atoms with E-state index in [0.717, 1.165) is 21.5 Å². The number of carbonyl (C=O) groups excluding carboxylic acids is 2. The lowest BCUT2D eigenvalue weighted by Gasteiger charge is -2.35. The predicted octanol–water partition coefficient (Wildman–Crippen LogP) is 2.66. The molecule has 1 saturated carbocycles. The summed E-state index contributed by atoms with van der Waals surface area (Å²) in [6, 6.07) is 11.1. The Balaban J connectivity index is 1.18. The number of carbonyl (C=O) groups is 2. The Morgan fingerprint density at radius 1 is 1.24 bits per heavy atom. The number of hydrogen-bond acceptors (Lipinski definition) is 8. The van der Waals surface area contributed by atoms with E-state index in [1.807, 2.05) is 12.1 Å². The topological polar surface area (TPSA) is 142 Å². The molecule has 1 fully saturated rings. The molecule has 0 radical (unpaired) electrons. The van der Waals surface area contributed by atoms with E-state index in [1.54, 1.807) is 30.5 Å². The zero-order chi connectivity index (χ0) is 23.7. The number of nitrogens with one attached hydrogen (secondary N) is 3. The third-order valence-corrected chi connectivity index (χ3v) is 7.40. The molecule has 10 heteroatoms. The fourth-order valence-corrected chi connectivity index (χ4v) is 5.15. The van der Waals surface area contributed by atoms with E-state index in [4.69, 9.17) is 5.73 Å². The molecule has 34 heavy (non-hydrogen) atoms. The number of pyridine rings is 2. The first-order chi connectivity index (χ1) is 16.4. The van der Waals surface area contributed by atoms with Crippen LogP contribution in [0.3, 0.4) is 0 Å². The summed E-state index contributed by atoms with van der Waals surface area (Å²) < 4.78 is 0. The highest BCUT2D eigenvalue weighted by Gasteiger charge is 2.40. The normalized spacial score (nSPS) is 22.1. The Labute approximate surface area is 200 Å². The first-order valence-corrected chi connectivity index (χ1v) is 12.2. The summed E-state index contributed by atoms with van der Waals surface area (Å²) in [6.07, 6.45) is 3.65. The molecule has 0 bridgehead atoms. The summed E-state index contributed by atoms with van der Waals surface area (Å²) in [6.45, 7) is 0.549. The van der Waals surface area contributed by atoms with Crippen molar-refractivity contribution >= 4 is 51.7 Å². The molecule has 0 spiro atoms. The van der Waals surface area contributed by atoms with Gasteiger partial charge in [0.15, 0.2) is 0 Å². The van der Waals surface area contributed by atoms with Crippen LogP contribution >= 0.6 is 11.8 Å². The van der Waals surface area contributed by atoms with E-state index in [2.05, 4.69) is 25.9 Å². The standard InChI is InChI=1S/C24H26N6O3S/c25-14-1-3-18-17(11-14)19(7-10-26-18)29-23(32)24(33)8-5-15(6-9-24)27-12-16-2-4-20-22(28-16)30-21(31)13-34-20/h1-4,7,10-11,15,27,33H,5-6,8-9,12-13,25H2,(H,26,29,32)(H,28,30,31). The highest BCUT2D eigenvalue weighted by molar-refractivity contribution is 8.00. The van der Waals surface area contributed by atoms with Gasteiger partial charge in [-0.25, -0.2) is 4.98 Å². The molecule has 0 saturated heterocycles. The van der Waals surface area contributed by atoms with E-state index in [9.17, 15) is 14.7 Å². The molecule has 2 aromatic heterocycles. The summed E-state index contributed by atoms with van der Waals surface area (Å²) >= 11 is 1.49. The lowest BCUT2D eigenvalue weighted by molar-refractivity contribution is -0.137. The Bertz CT molecular complexity index is 1260. The van der Waals surface area contributed by atoms with Gasteiger partial charge < -0.3 is 26.8 Å². The van der Waals surface area contributed by atoms with E-state index in [-0.39, 0.29) is 11.9 Å². The number of nitrogens with zero attached hydrogens (tertiary/aromatic N) is 2. The number of fused-ring (bicyclic) bond motifs is 2. The van der Waals surface area contributed by atoms with E-state index >= 15 is 0 Å². The molecule has 1 aromatic carbocycles. The molecule has 3 aromatic rings. The summed E-state index contributed by atoms with van der Waals surface area (Å²) in [4.78, 5) is 34.4. The Morgan fingerprint density at radius 2 is 2.06 bits per heavy atom. The van der Waals surface area contributed by atoms with Crippen LogP contribution in [-0.2, 0) is 16.1 Å². The maximum absolute atomic E-state index is 13.0. The van der Waals surface area contributed by atoms with Crippen molar-refractivity contribution in [1.29, 1.82) is 0 Å². The molecular weight excluding hydrogens is 452 g/mol. The summed E-state index contributed by atoms with van der Waals surface area (Å²) in [7, 11) is 0. The molecule has 0 unspecified atom stereocenters. The molecule has 2 amide bonds. The predicted molar refractivity (Wildman–Crippen MR) is 132 cm³/mol. The third kappa shape index (κ3) is 4.70. The number of nitrogen functional groups attached to an aromatic ring is 1. The lowest BCUT2D eigenvalue weighted by atomic mass is 9.81. The van der Waals surface area contributed by atoms with Crippen LogP contribution in [0.4, 0.5) is 17.2 Å². The van der Waals surface area contributed by atoms with Crippen LogP contribution in [0.5, 0.6) is 0 Å². The number of rotatable bonds is 5. The number of hydrogen-bond donors (Lipinski definition) is 5. The van der Waals surface area contributed by atoms with Crippen molar-refractivity contribution in [2.45, 2.75) is 48.8 Å². The molecule has 9 nitrogen and oxygen atoms in total. The first-order valence-electron chi connectivity index (χ1n) is 11.2. The molecule has 5 rings (SSSR count). The SMILES string of the molecule is Nc1ccc2nccc(NC(=O)C3(O)CCC(NCc4ccc5c(n4)NC(=O)CS5)CC3)c2c1. The second-order valence-electron chi connectivity index (χ2n) is 8.76. The van der Waals surface area contributed by atoms with Crippen molar-refractivity contribution < 1.29 is 14.7 Å². The van der Waals surface area contributed by atoms with Gasteiger partial charge in [0.2, 0.25) is 5.91 Å². The largest absolute Gasteiger partial charge is 0.399 e. The van der Waals surface area contributed by atoms with Crippen LogP contribution < -0.4 is 21.7 Å². The number of benzene rings is 1. The molecule has 6 N–H and O–H groups in total. The van der Waals surface area contributed by atoms with Crippen molar-refractivity contribution in [3.63, 3.8) is 0 Å². The van der Waals surface area contributed by atoms with Crippen molar-refractivity contribution in [3.05, 3.63) is 48.3 Å². The number of anilines is 3. The van der Waals surface area contributed by atoms with Crippen molar-refractivity contribution in [2.75, 3.05) is 22.1 Å². The molecule has 3 heterocycles.